The number of nitrogens with two attached hydrogens (primary N) is 1. The smallest absolute Gasteiger partial charge is 0.379 e. The van der Waals surface area contributed by atoms with Crippen LogP contribution in [0.15, 0.2) is 11.1 Å². The van der Waals surface area contributed by atoms with E-state index in [9.17, 15) is 14.3 Å². The number of hydrogen-bond acceptors (Lipinski definition) is 8. The highest BCUT2D eigenvalue weighted by Crippen LogP contribution is 2.46. The molecule has 4 N–H and O–H groups in total. The van der Waals surface area contributed by atoms with E-state index in [-0.39, 0.29) is 37.1 Å². The van der Waals surface area contributed by atoms with Gasteiger partial charge in [0.15, 0.2) is 11.2 Å². The van der Waals surface area contributed by atoms with Crippen molar-refractivity contribution in [2.75, 3.05) is 45.3 Å². The molecule has 2 aromatic heterocycles. The number of hydrogen-bond donors (Lipinski definition) is 3. The van der Waals surface area contributed by atoms with Gasteiger partial charge >= 0.3 is 7.75 Å². The molecule has 0 bridgehead atoms. The molecule has 0 aliphatic carbocycles. The van der Waals surface area contributed by atoms with E-state index in [0.29, 0.717) is 26.3 Å². The van der Waals surface area contributed by atoms with Gasteiger partial charge in [-0.25, -0.2) is 14.2 Å². The third kappa shape index (κ3) is 4.24. The minimum absolute atomic E-state index is 0.0149. The highest BCUT2D eigenvalue weighted by molar-refractivity contribution is 7.50. The molecule has 2 aromatic rings. The van der Waals surface area contributed by atoms with Crippen molar-refractivity contribution in [1.29, 1.82) is 0 Å². The van der Waals surface area contributed by atoms with Gasteiger partial charge in [0.1, 0.15) is 6.73 Å². The van der Waals surface area contributed by atoms with Gasteiger partial charge in [0.05, 0.1) is 32.8 Å². The first-order valence-electron chi connectivity index (χ1n) is 7.56. The van der Waals surface area contributed by atoms with E-state index in [2.05, 4.69) is 15.0 Å². The van der Waals surface area contributed by atoms with Crippen LogP contribution in [0.3, 0.4) is 0 Å². The molecule has 0 radical (unpaired) electrons. The topological polar surface area (TPSA) is 158 Å². The van der Waals surface area contributed by atoms with Gasteiger partial charge in [-0.15, -0.1) is 0 Å². The molecule has 0 amide bonds. The summed E-state index contributed by atoms with van der Waals surface area (Å²) in [5.74, 6) is -0.0149. The van der Waals surface area contributed by atoms with E-state index < -0.39 is 13.3 Å². The molecule has 1 atom stereocenters. The lowest BCUT2D eigenvalue weighted by Crippen LogP contribution is -2.34. The summed E-state index contributed by atoms with van der Waals surface area (Å²) in [5.41, 5.74) is 5.47. The number of nitrogen functional groups attached to an aromatic ring is 1. The van der Waals surface area contributed by atoms with Gasteiger partial charge in [-0.1, -0.05) is 0 Å². The summed E-state index contributed by atoms with van der Waals surface area (Å²) in [6, 6.07) is 0. The van der Waals surface area contributed by atoms with E-state index in [1.165, 1.54) is 15.6 Å². The second-order valence-corrected chi connectivity index (χ2v) is 7.07. The molecule has 25 heavy (non-hydrogen) atoms. The van der Waals surface area contributed by atoms with Gasteiger partial charge in [0, 0.05) is 13.1 Å². The largest absolute Gasteiger partial charge is 0.405 e. The SMILES string of the molecule is Nc1nc2ncn(COCCOP(=O)(O)N3CCOCC3)c2c(=O)[nH]1. The molecule has 1 unspecified atom stereocenters. The van der Waals surface area contributed by atoms with Gasteiger partial charge in [0.25, 0.3) is 5.56 Å². The molecular formula is C12H19N6O6P. The number of rotatable bonds is 7. The zero-order valence-electron chi connectivity index (χ0n) is 13.3. The van der Waals surface area contributed by atoms with Crippen molar-refractivity contribution in [3.8, 4) is 0 Å². The Morgan fingerprint density at radius 1 is 1.40 bits per heavy atom. The molecule has 138 valence electrons. The number of aromatic nitrogens is 4. The molecule has 0 saturated carbocycles. The summed E-state index contributed by atoms with van der Waals surface area (Å²) in [4.78, 5) is 32.0. The fourth-order valence-electron chi connectivity index (χ4n) is 2.37. The Kier molecular flexibility index (Phi) is 5.47. The number of ether oxygens (including phenoxy) is 2. The van der Waals surface area contributed by atoms with Crippen LogP contribution in [0.25, 0.3) is 11.2 Å². The Hall–Kier alpha value is -1.82. The fraction of sp³-hybridized carbons (Fsp3) is 0.583. The first-order valence-corrected chi connectivity index (χ1v) is 9.09. The molecule has 13 heteroatoms. The van der Waals surface area contributed by atoms with Crippen LogP contribution in [-0.2, 0) is 25.3 Å². The number of morpholine rings is 1. The lowest BCUT2D eigenvalue weighted by atomic mass is 10.5. The second-order valence-electron chi connectivity index (χ2n) is 5.26. The van der Waals surface area contributed by atoms with Gasteiger partial charge < -0.3 is 24.7 Å². The van der Waals surface area contributed by atoms with E-state index in [1.54, 1.807) is 0 Å². The van der Waals surface area contributed by atoms with E-state index in [4.69, 9.17) is 19.7 Å². The summed E-state index contributed by atoms with van der Waals surface area (Å²) < 4.78 is 30.4. The molecule has 0 aromatic carbocycles. The van der Waals surface area contributed by atoms with E-state index >= 15 is 0 Å². The number of H-pyrrole nitrogens is 1. The van der Waals surface area contributed by atoms with Crippen LogP contribution in [0.5, 0.6) is 0 Å². The predicted octanol–water partition coefficient (Wildman–Crippen LogP) is -0.875. The van der Waals surface area contributed by atoms with Crippen molar-refractivity contribution in [1.82, 2.24) is 24.2 Å². The Bertz CT molecular complexity index is 831. The van der Waals surface area contributed by atoms with Gasteiger partial charge in [-0.05, 0) is 0 Å². The molecule has 3 heterocycles. The number of imidazole rings is 1. The van der Waals surface area contributed by atoms with E-state index in [1.807, 2.05) is 0 Å². The Morgan fingerprint density at radius 3 is 2.92 bits per heavy atom. The number of anilines is 1. The number of fused-ring (bicyclic) bond motifs is 1. The zero-order valence-corrected chi connectivity index (χ0v) is 14.2. The summed E-state index contributed by atoms with van der Waals surface area (Å²) >= 11 is 0. The number of nitrogens with one attached hydrogen (secondary N) is 1. The van der Waals surface area contributed by atoms with E-state index in [0.717, 1.165) is 0 Å². The molecule has 1 aliphatic heterocycles. The maximum absolute atomic E-state index is 12.1. The maximum Gasteiger partial charge on any atom is 0.405 e. The Balaban J connectivity index is 1.49. The highest BCUT2D eigenvalue weighted by Gasteiger charge is 2.30. The van der Waals surface area contributed by atoms with Crippen LogP contribution in [-0.4, -0.2) is 68.6 Å². The quantitative estimate of drug-likeness (QED) is 0.411. The summed E-state index contributed by atoms with van der Waals surface area (Å²) in [6.07, 6.45) is 1.40. The Labute approximate surface area is 142 Å². The molecule has 0 spiro atoms. The van der Waals surface area contributed by atoms with Crippen molar-refractivity contribution in [2.24, 2.45) is 0 Å². The third-order valence-corrected chi connectivity index (χ3v) is 5.20. The minimum Gasteiger partial charge on any atom is -0.379 e. The molecular weight excluding hydrogens is 355 g/mol. The van der Waals surface area contributed by atoms with Gasteiger partial charge in [-0.3, -0.25) is 14.3 Å². The zero-order chi connectivity index (χ0) is 17.9. The third-order valence-electron chi connectivity index (χ3n) is 3.56. The van der Waals surface area contributed by atoms with Crippen molar-refractivity contribution < 1.29 is 23.5 Å². The van der Waals surface area contributed by atoms with Gasteiger partial charge in [-0.2, -0.15) is 4.98 Å². The standard InChI is InChI=1S/C12H19N6O6P/c13-12-15-10-9(11(19)16-12)17(7-14-10)8-23-5-6-24-25(20,21)18-1-3-22-4-2-18/h7H,1-6,8H2,(H,20,21)(H3,13,15,16,19). The molecule has 12 nitrogen and oxygen atoms in total. The van der Waals surface area contributed by atoms with Crippen molar-refractivity contribution in [3.05, 3.63) is 16.7 Å². The van der Waals surface area contributed by atoms with Crippen LogP contribution >= 0.6 is 7.75 Å². The maximum atomic E-state index is 12.1. The lowest BCUT2D eigenvalue weighted by molar-refractivity contribution is 0.0352. The van der Waals surface area contributed by atoms with Crippen LogP contribution in [0.1, 0.15) is 0 Å². The highest BCUT2D eigenvalue weighted by atomic mass is 31.2. The number of aromatic amines is 1. The summed E-state index contributed by atoms with van der Waals surface area (Å²) in [7, 11) is -3.85. The molecule has 3 rings (SSSR count). The lowest BCUT2D eigenvalue weighted by Gasteiger charge is -2.29. The van der Waals surface area contributed by atoms with Crippen LogP contribution in [0, 0.1) is 0 Å². The summed E-state index contributed by atoms with van der Waals surface area (Å²) in [6.45, 7) is 1.48. The van der Waals surface area contributed by atoms with Crippen LogP contribution in [0.2, 0.25) is 0 Å². The normalized spacial score (nSPS) is 18.4. The minimum atomic E-state index is -3.85. The molecule has 1 aliphatic rings. The predicted molar refractivity (Wildman–Crippen MR) is 86.7 cm³/mol. The van der Waals surface area contributed by atoms with Crippen LogP contribution in [0.4, 0.5) is 5.95 Å². The van der Waals surface area contributed by atoms with Crippen molar-refractivity contribution in [3.63, 3.8) is 0 Å². The summed E-state index contributed by atoms with van der Waals surface area (Å²) in [5, 5.41) is 0. The van der Waals surface area contributed by atoms with Crippen molar-refractivity contribution >= 4 is 24.9 Å². The monoisotopic (exact) mass is 374 g/mol. The van der Waals surface area contributed by atoms with Crippen molar-refractivity contribution in [2.45, 2.75) is 6.73 Å². The van der Waals surface area contributed by atoms with Gasteiger partial charge in [0.2, 0.25) is 5.95 Å². The second kappa shape index (κ2) is 7.60. The first kappa shape index (κ1) is 18.0. The average molecular weight is 374 g/mol. The fourth-order valence-corrected chi connectivity index (χ4v) is 3.51. The first-order chi connectivity index (χ1) is 12.0. The van der Waals surface area contributed by atoms with Crippen LogP contribution < -0.4 is 11.3 Å². The molecule has 1 fully saturated rings. The Morgan fingerprint density at radius 2 is 2.16 bits per heavy atom. The number of nitrogens with zero attached hydrogens (tertiary/aromatic N) is 4. The average Bonchev–Trinajstić information content (AvgIpc) is 2.98. The molecule has 1 saturated heterocycles.